The van der Waals surface area contributed by atoms with Gasteiger partial charge in [0.15, 0.2) is 0 Å². The Labute approximate surface area is 105 Å². The van der Waals surface area contributed by atoms with Gasteiger partial charge in [-0.3, -0.25) is 9.78 Å². The summed E-state index contributed by atoms with van der Waals surface area (Å²) in [5.74, 6) is -0.918. The molecule has 0 radical (unpaired) electrons. The smallest absolute Gasteiger partial charge is 0.309 e. The number of carboxylic acid groups (broad SMARTS) is 1. The van der Waals surface area contributed by atoms with Crippen LogP contribution in [-0.2, 0) is 17.8 Å². The maximum atomic E-state index is 10.5. The van der Waals surface area contributed by atoms with Crippen molar-refractivity contribution in [1.82, 2.24) is 20.0 Å². The summed E-state index contributed by atoms with van der Waals surface area (Å²) in [6.07, 6.45) is 3.19. The van der Waals surface area contributed by atoms with Crippen LogP contribution in [0.15, 0.2) is 29.0 Å². The number of hydrogen-bond acceptors (Lipinski definition) is 4. The lowest BCUT2D eigenvalue weighted by Gasteiger charge is -1.99. The SMILES string of the molecule is O=C(O)Cc1cn(Cc2ccc(Br)cn2)nn1. The highest BCUT2D eigenvalue weighted by Crippen LogP contribution is 2.08. The summed E-state index contributed by atoms with van der Waals surface area (Å²) in [4.78, 5) is 14.7. The van der Waals surface area contributed by atoms with Gasteiger partial charge < -0.3 is 5.11 Å². The van der Waals surface area contributed by atoms with Crippen molar-refractivity contribution < 1.29 is 9.90 Å². The third-order valence-electron chi connectivity index (χ3n) is 2.03. The second-order valence-electron chi connectivity index (χ2n) is 3.45. The lowest BCUT2D eigenvalue weighted by atomic mass is 10.3. The van der Waals surface area contributed by atoms with Crippen molar-refractivity contribution in [3.05, 3.63) is 40.4 Å². The molecule has 6 nitrogen and oxygen atoms in total. The Bertz CT molecular complexity index is 523. The summed E-state index contributed by atoms with van der Waals surface area (Å²) in [6, 6.07) is 3.75. The first-order valence-electron chi connectivity index (χ1n) is 4.85. The van der Waals surface area contributed by atoms with E-state index in [0.717, 1.165) is 10.2 Å². The van der Waals surface area contributed by atoms with Crippen LogP contribution in [0.25, 0.3) is 0 Å². The lowest BCUT2D eigenvalue weighted by molar-refractivity contribution is -0.136. The second kappa shape index (κ2) is 5.05. The molecule has 0 unspecified atom stereocenters. The average molecular weight is 297 g/mol. The highest BCUT2D eigenvalue weighted by atomic mass is 79.9. The molecule has 0 aromatic carbocycles. The Kier molecular flexibility index (Phi) is 3.48. The van der Waals surface area contributed by atoms with Crippen LogP contribution in [0.1, 0.15) is 11.4 Å². The molecule has 0 fully saturated rings. The number of aromatic nitrogens is 4. The van der Waals surface area contributed by atoms with Gasteiger partial charge in [0.1, 0.15) is 0 Å². The molecule has 0 aliphatic rings. The molecule has 0 bridgehead atoms. The van der Waals surface area contributed by atoms with Crippen molar-refractivity contribution in [2.24, 2.45) is 0 Å². The zero-order valence-electron chi connectivity index (χ0n) is 8.75. The van der Waals surface area contributed by atoms with Gasteiger partial charge in [-0.25, -0.2) is 4.68 Å². The van der Waals surface area contributed by atoms with Gasteiger partial charge in [-0.15, -0.1) is 5.10 Å². The molecule has 1 N–H and O–H groups in total. The Balaban J connectivity index is 2.06. The van der Waals surface area contributed by atoms with Gasteiger partial charge in [0.2, 0.25) is 0 Å². The average Bonchev–Trinajstić information content (AvgIpc) is 2.68. The lowest BCUT2D eigenvalue weighted by Crippen LogP contribution is -2.02. The number of aliphatic carboxylic acids is 1. The number of carboxylic acids is 1. The molecule has 88 valence electrons. The van der Waals surface area contributed by atoms with E-state index in [2.05, 4.69) is 31.2 Å². The Morgan fingerprint density at radius 3 is 2.88 bits per heavy atom. The zero-order valence-corrected chi connectivity index (χ0v) is 10.3. The monoisotopic (exact) mass is 296 g/mol. The van der Waals surface area contributed by atoms with E-state index in [9.17, 15) is 4.79 Å². The fourth-order valence-electron chi connectivity index (χ4n) is 1.32. The topological polar surface area (TPSA) is 80.9 Å². The van der Waals surface area contributed by atoms with Crippen LogP contribution < -0.4 is 0 Å². The maximum Gasteiger partial charge on any atom is 0.309 e. The van der Waals surface area contributed by atoms with Gasteiger partial charge in [0.25, 0.3) is 0 Å². The molecular weight excluding hydrogens is 288 g/mol. The Morgan fingerprint density at radius 2 is 2.24 bits per heavy atom. The summed E-state index contributed by atoms with van der Waals surface area (Å²) in [6.45, 7) is 0.472. The number of nitrogens with zero attached hydrogens (tertiary/aromatic N) is 4. The van der Waals surface area contributed by atoms with Gasteiger partial charge in [-0.1, -0.05) is 5.21 Å². The third kappa shape index (κ3) is 3.35. The van der Waals surface area contributed by atoms with Gasteiger partial charge >= 0.3 is 5.97 Å². The van der Waals surface area contributed by atoms with E-state index in [4.69, 9.17) is 5.11 Å². The van der Waals surface area contributed by atoms with E-state index in [0.29, 0.717) is 12.2 Å². The van der Waals surface area contributed by atoms with E-state index < -0.39 is 5.97 Å². The quantitative estimate of drug-likeness (QED) is 0.914. The third-order valence-corrected chi connectivity index (χ3v) is 2.50. The Hall–Kier alpha value is -1.76. The maximum absolute atomic E-state index is 10.5. The number of rotatable bonds is 4. The summed E-state index contributed by atoms with van der Waals surface area (Å²) in [5, 5.41) is 16.2. The minimum absolute atomic E-state index is 0.117. The number of carbonyl (C=O) groups is 1. The van der Waals surface area contributed by atoms with Crippen LogP contribution in [0, 0.1) is 0 Å². The first kappa shape index (κ1) is 11.7. The van der Waals surface area contributed by atoms with E-state index in [1.165, 1.54) is 0 Å². The predicted octanol–water partition coefficient (Wildman–Crippen LogP) is 1.11. The van der Waals surface area contributed by atoms with Crippen LogP contribution in [-0.4, -0.2) is 31.1 Å². The van der Waals surface area contributed by atoms with E-state index in [1.54, 1.807) is 17.1 Å². The van der Waals surface area contributed by atoms with Crippen molar-refractivity contribution in [2.75, 3.05) is 0 Å². The molecule has 0 atom stereocenters. The number of hydrogen-bond donors (Lipinski definition) is 1. The van der Waals surface area contributed by atoms with Crippen molar-refractivity contribution in [3.8, 4) is 0 Å². The number of halogens is 1. The zero-order chi connectivity index (χ0) is 12.3. The van der Waals surface area contributed by atoms with Gasteiger partial charge in [0, 0.05) is 16.9 Å². The molecule has 2 aromatic heterocycles. The largest absolute Gasteiger partial charge is 0.481 e. The molecule has 2 heterocycles. The molecule has 0 saturated heterocycles. The summed E-state index contributed by atoms with van der Waals surface area (Å²) in [5.41, 5.74) is 1.27. The molecule has 0 spiro atoms. The molecule has 7 heteroatoms. The van der Waals surface area contributed by atoms with Crippen molar-refractivity contribution >= 4 is 21.9 Å². The highest BCUT2D eigenvalue weighted by molar-refractivity contribution is 9.10. The van der Waals surface area contributed by atoms with Crippen LogP contribution >= 0.6 is 15.9 Å². The normalized spacial score (nSPS) is 10.4. The first-order chi connectivity index (χ1) is 8.13. The van der Waals surface area contributed by atoms with Crippen molar-refractivity contribution in [3.63, 3.8) is 0 Å². The summed E-state index contributed by atoms with van der Waals surface area (Å²) in [7, 11) is 0. The standard InChI is InChI=1S/C10H9BrN4O2/c11-7-1-2-8(12-4-7)5-15-6-9(13-14-15)3-10(16)17/h1-2,4,6H,3,5H2,(H,16,17). The summed E-state index contributed by atoms with van der Waals surface area (Å²) >= 11 is 3.30. The molecule has 0 saturated carbocycles. The van der Waals surface area contributed by atoms with E-state index in [1.807, 2.05) is 12.1 Å². The molecular formula is C10H9BrN4O2. The molecule has 2 rings (SSSR count). The van der Waals surface area contributed by atoms with Gasteiger partial charge in [-0.2, -0.15) is 0 Å². The fourth-order valence-corrected chi connectivity index (χ4v) is 1.55. The highest BCUT2D eigenvalue weighted by Gasteiger charge is 2.06. The molecule has 0 aliphatic heterocycles. The van der Waals surface area contributed by atoms with Gasteiger partial charge in [-0.05, 0) is 28.1 Å². The first-order valence-corrected chi connectivity index (χ1v) is 5.64. The number of pyridine rings is 1. The van der Waals surface area contributed by atoms with E-state index >= 15 is 0 Å². The predicted molar refractivity (Wildman–Crippen MR) is 62.4 cm³/mol. The molecule has 0 aliphatic carbocycles. The van der Waals surface area contributed by atoms with Crippen LogP contribution in [0.2, 0.25) is 0 Å². The van der Waals surface area contributed by atoms with Crippen LogP contribution in [0.5, 0.6) is 0 Å². The Morgan fingerprint density at radius 1 is 1.41 bits per heavy atom. The van der Waals surface area contributed by atoms with Crippen LogP contribution in [0.4, 0.5) is 0 Å². The molecule has 2 aromatic rings. The minimum atomic E-state index is -0.918. The van der Waals surface area contributed by atoms with Crippen molar-refractivity contribution in [1.29, 1.82) is 0 Å². The van der Waals surface area contributed by atoms with E-state index in [-0.39, 0.29) is 6.42 Å². The molecule has 17 heavy (non-hydrogen) atoms. The van der Waals surface area contributed by atoms with Crippen LogP contribution in [0.3, 0.4) is 0 Å². The van der Waals surface area contributed by atoms with Gasteiger partial charge in [0.05, 0.1) is 24.4 Å². The van der Waals surface area contributed by atoms with Crippen molar-refractivity contribution in [2.45, 2.75) is 13.0 Å². The molecule has 0 amide bonds. The second-order valence-corrected chi connectivity index (χ2v) is 4.36. The fraction of sp³-hybridized carbons (Fsp3) is 0.200. The summed E-state index contributed by atoms with van der Waals surface area (Å²) < 4.78 is 2.47. The minimum Gasteiger partial charge on any atom is -0.481 e.